The van der Waals surface area contributed by atoms with Crippen molar-refractivity contribution in [2.75, 3.05) is 5.32 Å². The molecule has 0 saturated carbocycles. The van der Waals surface area contributed by atoms with E-state index in [1.54, 1.807) is 0 Å². The molecule has 0 bridgehead atoms. The lowest BCUT2D eigenvalue weighted by atomic mass is 10.1. The second-order valence-electron chi connectivity index (χ2n) is 6.57. The Morgan fingerprint density at radius 3 is 2.07 bits per heavy atom. The molecule has 0 radical (unpaired) electrons. The van der Waals surface area contributed by atoms with Gasteiger partial charge in [-0.15, -0.1) is 0 Å². The van der Waals surface area contributed by atoms with Gasteiger partial charge in [-0.2, -0.15) is 0 Å². The van der Waals surface area contributed by atoms with Crippen LogP contribution in [0.2, 0.25) is 0 Å². The zero-order valence-electron chi connectivity index (χ0n) is 15.2. The number of hydrogen-bond acceptors (Lipinski definition) is 2. The lowest BCUT2D eigenvalue weighted by Gasteiger charge is -2.18. The topological polar surface area (TPSA) is 38.3 Å². The number of rotatable bonds is 5. The fourth-order valence-electron chi connectivity index (χ4n) is 3.22. The van der Waals surface area contributed by atoms with E-state index in [9.17, 15) is 4.79 Å². The summed E-state index contributed by atoms with van der Waals surface area (Å²) >= 11 is 0. The maximum absolute atomic E-state index is 12.7. The Morgan fingerprint density at radius 2 is 1.41 bits per heavy atom. The lowest BCUT2D eigenvalue weighted by molar-refractivity contribution is -0.122. The number of hydrogen-bond donors (Lipinski definition) is 1. The summed E-state index contributed by atoms with van der Waals surface area (Å²) in [5.41, 5.74) is 0.777. The van der Waals surface area contributed by atoms with Crippen LogP contribution in [-0.4, -0.2) is 12.0 Å². The lowest BCUT2D eigenvalue weighted by Crippen LogP contribution is -2.32. The van der Waals surface area contributed by atoms with Gasteiger partial charge in [-0.1, -0.05) is 67.6 Å². The van der Waals surface area contributed by atoms with Crippen molar-refractivity contribution in [2.24, 2.45) is 0 Å². The molecule has 3 heteroatoms. The van der Waals surface area contributed by atoms with Crippen LogP contribution in [0.1, 0.15) is 13.3 Å². The first-order valence-corrected chi connectivity index (χ1v) is 9.18. The fourth-order valence-corrected chi connectivity index (χ4v) is 3.22. The molecule has 1 amide bonds. The molecule has 4 rings (SSSR count). The normalized spacial score (nSPS) is 12.0. The summed E-state index contributed by atoms with van der Waals surface area (Å²) < 4.78 is 5.98. The first-order chi connectivity index (χ1) is 13.2. The van der Waals surface area contributed by atoms with E-state index in [-0.39, 0.29) is 5.91 Å². The van der Waals surface area contributed by atoms with Gasteiger partial charge in [0.25, 0.3) is 5.91 Å². The Hall–Kier alpha value is -3.33. The molecule has 0 aliphatic rings. The molecule has 0 saturated heterocycles. The predicted molar refractivity (Wildman–Crippen MR) is 111 cm³/mol. The van der Waals surface area contributed by atoms with E-state index in [1.807, 2.05) is 79.7 Å². The van der Waals surface area contributed by atoms with Crippen molar-refractivity contribution in [1.82, 2.24) is 0 Å². The first kappa shape index (κ1) is 17.1. The van der Waals surface area contributed by atoms with Crippen LogP contribution in [0.3, 0.4) is 0 Å². The molecule has 1 N–H and O–H groups in total. The summed E-state index contributed by atoms with van der Waals surface area (Å²) in [5.74, 6) is 0.565. The van der Waals surface area contributed by atoms with Gasteiger partial charge in [-0.3, -0.25) is 4.79 Å². The van der Waals surface area contributed by atoms with Crippen LogP contribution in [0.5, 0.6) is 5.75 Å². The monoisotopic (exact) mass is 355 g/mol. The molecule has 0 heterocycles. The Balaban J connectivity index is 1.51. The van der Waals surface area contributed by atoms with Crippen LogP contribution >= 0.6 is 0 Å². The minimum absolute atomic E-state index is 0.138. The number of carbonyl (C=O) groups is 1. The molecule has 0 aliphatic carbocycles. The third kappa shape index (κ3) is 3.77. The summed E-state index contributed by atoms with van der Waals surface area (Å²) in [6.07, 6.45) is 0.0457. The number of amides is 1. The maximum Gasteiger partial charge on any atom is 0.265 e. The van der Waals surface area contributed by atoms with Gasteiger partial charge < -0.3 is 10.1 Å². The Labute approximate surface area is 158 Å². The van der Waals surface area contributed by atoms with Gasteiger partial charge in [0, 0.05) is 5.69 Å². The van der Waals surface area contributed by atoms with Crippen LogP contribution in [0.15, 0.2) is 84.9 Å². The van der Waals surface area contributed by atoms with Gasteiger partial charge in [0.05, 0.1) is 0 Å². The quantitative estimate of drug-likeness (QED) is 0.492. The van der Waals surface area contributed by atoms with E-state index in [4.69, 9.17) is 4.74 Å². The molecule has 3 nitrogen and oxygen atoms in total. The third-order valence-electron chi connectivity index (χ3n) is 4.68. The number of carbonyl (C=O) groups excluding carboxylic acids is 1. The largest absolute Gasteiger partial charge is 0.481 e. The smallest absolute Gasteiger partial charge is 0.265 e. The summed E-state index contributed by atoms with van der Waals surface area (Å²) in [6, 6.07) is 28.0. The Bertz CT molecular complexity index is 1100. The third-order valence-corrected chi connectivity index (χ3v) is 4.68. The highest BCUT2D eigenvalue weighted by atomic mass is 16.5. The Morgan fingerprint density at radius 1 is 0.815 bits per heavy atom. The number of ether oxygens (including phenoxy) is 1. The van der Waals surface area contributed by atoms with E-state index >= 15 is 0 Å². The molecule has 0 fully saturated rings. The maximum atomic E-state index is 12.7. The fraction of sp³-hybridized carbons (Fsp3) is 0.125. The van der Waals surface area contributed by atoms with E-state index in [1.165, 1.54) is 0 Å². The number of fused-ring (bicyclic) bond motifs is 2. The van der Waals surface area contributed by atoms with Crippen molar-refractivity contribution in [2.45, 2.75) is 19.4 Å². The van der Waals surface area contributed by atoms with Crippen molar-refractivity contribution in [3.05, 3.63) is 84.9 Å². The molecule has 4 aromatic rings. The van der Waals surface area contributed by atoms with Crippen molar-refractivity contribution in [1.29, 1.82) is 0 Å². The van der Waals surface area contributed by atoms with Gasteiger partial charge in [-0.05, 0) is 52.2 Å². The summed E-state index contributed by atoms with van der Waals surface area (Å²) in [5, 5.41) is 7.47. The zero-order valence-corrected chi connectivity index (χ0v) is 15.2. The van der Waals surface area contributed by atoms with Gasteiger partial charge in [-0.25, -0.2) is 0 Å². The molecular weight excluding hydrogens is 334 g/mol. The summed E-state index contributed by atoms with van der Waals surface area (Å²) in [6.45, 7) is 1.95. The minimum atomic E-state index is -0.544. The standard InChI is InChI=1S/C24H21NO2/c1-2-23(27-22-14-12-18-8-4-6-10-20(18)16-22)24(26)25-21-13-11-17-7-3-5-9-19(17)15-21/h3-16,23H,2H2,1H3,(H,25,26)/t23-/m0/s1. The minimum Gasteiger partial charge on any atom is -0.481 e. The molecular formula is C24H21NO2. The van der Waals surface area contributed by atoms with Gasteiger partial charge >= 0.3 is 0 Å². The zero-order chi connectivity index (χ0) is 18.6. The second-order valence-corrected chi connectivity index (χ2v) is 6.57. The van der Waals surface area contributed by atoms with Crippen LogP contribution in [0, 0.1) is 0 Å². The van der Waals surface area contributed by atoms with Crippen LogP contribution in [-0.2, 0) is 4.79 Å². The molecule has 1 atom stereocenters. The highest BCUT2D eigenvalue weighted by molar-refractivity contribution is 5.97. The predicted octanol–water partition coefficient (Wildman–Crippen LogP) is 5.79. The van der Waals surface area contributed by atoms with E-state index in [2.05, 4.69) is 17.4 Å². The highest BCUT2D eigenvalue weighted by Crippen LogP contribution is 2.23. The molecule has 0 aromatic heterocycles. The summed E-state index contributed by atoms with van der Waals surface area (Å²) in [4.78, 5) is 12.7. The van der Waals surface area contributed by atoms with Gasteiger partial charge in [0.15, 0.2) is 6.10 Å². The van der Waals surface area contributed by atoms with Crippen LogP contribution < -0.4 is 10.1 Å². The number of anilines is 1. The van der Waals surface area contributed by atoms with Crippen molar-refractivity contribution in [3.63, 3.8) is 0 Å². The molecule has 4 aromatic carbocycles. The van der Waals surface area contributed by atoms with Crippen LogP contribution in [0.4, 0.5) is 5.69 Å². The average Bonchev–Trinajstić information content (AvgIpc) is 2.71. The molecule has 0 spiro atoms. The average molecular weight is 355 g/mol. The van der Waals surface area contributed by atoms with E-state index in [0.29, 0.717) is 12.2 Å². The van der Waals surface area contributed by atoms with Crippen molar-refractivity contribution >= 4 is 33.1 Å². The number of benzene rings is 4. The SMILES string of the molecule is CC[C@H](Oc1ccc2ccccc2c1)C(=O)Nc1ccc2ccccc2c1. The second kappa shape index (κ2) is 7.50. The van der Waals surface area contributed by atoms with E-state index < -0.39 is 6.10 Å². The van der Waals surface area contributed by atoms with Crippen molar-refractivity contribution in [3.8, 4) is 5.75 Å². The highest BCUT2D eigenvalue weighted by Gasteiger charge is 2.18. The van der Waals surface area contributed by atoms with Gasteiger partial charge in [0.1, 0.15) is 5.75 Å². The molecule has 0 unspecified atom stereocenters. The molecule has 0 aliphatic heterocycles. The van der Waals surface area contributed by atoms with Crippen molar-refractivity contribution < 1.29 is 9.53 Å². The van der Waals surface area contributed by atoms with Gasteiger partial charge in [0.2, 0.25) is 0 Å². The number of nitrogens with one attached hydrogen (secondary N) is 1. The van der Waals surface area contributed by atoms with E-state index in [0.717, 1.165) is 27.2 Å². The Kier molecular flexibility index (Phi) is 4.75. The molecule has 134 valence electrons. The first-order valence-electron chi connectivity index (χ1n) is 9.18. The van der Waals surface area contributed by atoms with Crippen LogP contribution in [0.25, 0.3) is 21.5 Å². The summed E-state index contributed by atoms with van der Waals surface area (Å²) in [7, 11) is 0. The molecule has 27 heavy (non-hydrogen) atoms.